The molecule has 2 aromatic heterocycles. The van der Waals surface area contributed by atoms with Crippen LogP contribution in [0.5, 0.6) is 0 Å². The molecule has 0 saturated carbocycles. The summed E-state index contributed by atoms with van der Waals surface area (Å²) in [5.74, 6) is 1.92. The van der Waals surface area contributed by atoms with Crippen LogP contribution in [0.2, 0.25) is 0 Å². The van der Waals surface area contributed by atoms with E-state index < -0.39 is 0 Å². The number of aromatic nitrogens is 3. The summed E-state index contributed by atoms with van der Waals surface area (Å²) in [6, 6.07) is 56.3. The number of nitrogens with zero attached hydrogens (tertiary/aromatic N) is 3. The molecule has 0 amide bonds. The van der Waals surface area contributed by atoms with Crippen LogP contribution >= 0.6 is 0 Å². The minimum Gasteiger partial charge on any atom is -0.455 e. The highest BCUT2D eigenvalue weighted by molar-refractivity contribution is 6.19. The Morgan fingerprint density at radius 1 is 0.319 bits per heavy atom. The van der Waals surface area contributed by atoms with E-state index in [0.29, 0.717) is 17.5 Å². The standard InChI is InChI=1S/C43H27N3O/c1-4-13-28(14-5-1)36-27-38-37-26-32(23-24-39(37)47-40(38)35-22-11-10-21-34(35)36)31-19-12-20-33(25-31)43-45-41(29-15-6-2-7-16-29)44-42(46-43)30-17-8-3-9-18-30/h1-27H. The molecule has 7 aromatic carbocycles. The van der Waals surface area contributed by atoms with E-state index in [1.165, 1.54) is 16.5 Å². The second-order valence-electron chi connectivity index (χ2n) is 11.6. The highest BCUT2D eigenvalue weighted by atomic mass is 16.3. The summed E-state index contributed by atoms with van der Waals surface area (Å²) in [7, 11) is 0. The fourth-order valence-corrected chi connectivity index (χ4v) is 6.41. The van der Waals surface area contributed by atoms with Gasteiger partial charge in [-0.25, -0.2) is 15.0 Å². The van der Waals surface area contributed by atoms with Crippen LogP contribution in [0.4, 0.5) is 0 Å². The van der Waals surface area contributed by atoms with Gasteiger partial charge in [-0.3, -0.25) is 0 Å². The lowest BCUT2D eigenvalue weighted by Gasteiger charge is -2.10. The Morgan fingerprint density at radius 3 is 1.49 bits per heavy atom. The molecule has 0 unspecified atom stereocenters. The molecular weight excluding hydrogens is 574 g/mol. The van der Waals surface area contributed by atoms with Gasteiger partial charge < -0.3 is 4.42 Å². The zero-order valence-electron chi connectivity index (χ0n) is 25.3. The summed E-state index contributed by atoms with van der Waals surface area (Å²) < 4.78 is 6.52. The highest BCUT2D eigenvalue weighted by Crippen LogP contribution is 2.41. The van der Waals surface area contributed by atoms with Crippen molar-refractivity contribution in [3.05, 3.63) is 164 Å². The van der Waals surface area contributed by atoms with Crippen molar-refractivity contribution < 1.29 is 4.42 Å². The molecule has 0 aliphatic heterocycles. The third-order valence-electron chi connectivity index (χ3n) is 8.72. The molecule has 0 bridgehead atoms. The quantitative estimate of drug-likeness (QED) is 0.197. The monoisotopic (exact) mass is 601 g/mol. The first-order valence-electron chi connectivity index (χ1n) is 15.7. The summed E-state index contributed by atoms with van der Waals surface area (Å²) in [6.45, 7) is 0. The van der Waals surface area contributed by atoms with Gasteiger partial charge in [0.05, 0.1) is 0 Å². The molecule has 4 nitrogen and oxygen atoms in total. The van der Waals surface area contributed by atoms with E-state index in [-0.39, 0.29) is 0 Å². The molecule has 0 aliphatic carbocycles. The van der Waals surface area contributed by atoms with Crippen LogP contribution in [0, 0.1) is 0 Å². The molecule has 0 saturated heterocycles. The SMILES string of the molecule is c1ccc(-c2nc(-c3ccccc3)nc(-c3cccc(-c4ccc5oc6c7ccccc7c(-c7ccccc7)cc6c5c4)c3)n2)cc1. The molecule has 0 spiro atoms. The Morgan fingerprint density at radius 2 is 0.830 bits per heavy atom. The predicted octanol–water partition coefficient (Wildman–Crippen LogP) is 11.3. The van der Waals surface area contributed by atoms with Crippen molar-refractivity contribution >= 4 is 32.7 Å². The summed E-state index contributed by atoms with van der Waals surface area (Å²) in [4.78, 5) is 14.7. The van der Waals surface area contributed by atoms with Crippen LogP contribution in [0.15, 0.2) is 168 Å². The molecule has 0 N–H and O–H groups in total. The molecule has 0 atom stereocenters. The fourth-order valence-electron chi connectivity index (χ4n) is 6.41. The second kappa shape index (κ2) is 11.2. The van der Waals surface area contributed by atoms with E-state index in [9.17, 15) is 0 Å². The molecule has 0 radical (unpaired) electrons. The molecule has 9 aromatic rings. The number of benzene rings is 7. The average molecular weight is 602 g/mol. The highest BCUT2D eigenvalue weighted by Gasteiger charge is 2.17. The summed E-state index contributed by atoms with van der Waals surface area (Å²) in [6.07, 6.45) is 0. The van der Waals surface area contributed by atoms with Gasteiger partial charge >= 0.3 is 0 Å². The average Bonchev–Trinajstić information content (AvgIpc) is 3.53. The van der Waals surface area contributed by atoms with Crippen LogP contribution in [-0.4, -0.2) is 15.0 Å². The topological polar surface area (TPSA) is 51.8 Å². The Labute approximate surface area is 271 Å². The van der Waals surface area contributed by atoms with E-state index in [0.717, 1.165) is 55.1 Å². The summed E-state index contributed by atoms with van der Waals surface area (Å²) in [5.41, 5.74) is 9.15. The summed E-state index contributed by atoms with van der Waals surface area (Å²) in [5, 5.41) is 4.49. The number of hydrogen-bond donors (Lipinski definition) is 0. The third kappa shape index (κ3) is 4.84. The van der Waals surface area contributed by atoms with Crippen LogP contribution in [-0.2, 0) is 0 Å². The van der Waals surface area contributed by atoms with Crippen molar-refractivity contribution in [2.45, 2.75) is 0 Å². The van der Waals surface area contributed by atoms with Crippen molar-refractivity contribution in [3.63, 3.8) is 0 Å². The van der Waals surface area contributed by atoms with Crippen molar-refractivity contribution in [2.24, 2.45) is 0 Å². The minimum absolute atomic E-state index is 0.633. The van der Waals surface area contributed by atoms with Crippen LogP contribution in [0.3, 0.4) is 0 Å². The maximum Gasteiger partial charge on any atom is 0.164 e. The predicted molar refractivity (Wildman–Crippen MR) is 192 cm³/mol. The Bertz CT molecular complexity index is 2500. The van der Waals surface area contributed by atoms with Gasteiger partial charge in [-0.15, -0.1) is 0 Å². The Balaban J connectivity index is 1.19. The smallest absolute Gasteiger partial charge is 0.164 e. The Kier molecular flexibility index (Phi) is 6.43. The number of furan rings is 1. The molecule has 0 aliphatic rings. The van der Waals surface area contributed by atoms with Crippen molar-refractivity contribution in [2.75, 3.05) is 0 Å². The molecule has 4 heteroatoms. The largest absolute Gasteiger partial charge is 0.455 e. The van der Waals surface area contributed by atoms with Crippen LogP contribution in [0.1, 0.15) is 0 Å². The first-order chi connectivity index (χ1) is 23.3. The van der Waals surface area contributed by atoms with Gasteiger partial charge in [-0.2, -0.15) is 0 Å². The van der Waals surface area contributed by atoms with Crippen LogP contribution < -0.4 is 0 Å². The lowest BCUT2D eigenvalue weighted by Crippen LogP contribution is -2.00. The first-order valence-corrected chi connectivity index (χ1v) is 15.7. The fraction of sp³-hybridized carbons (Fsp3) is 0. The maximum absolute atomic E-state index is 6.52. The molecule has 220 valence electrons. The van der Waals surface area contributed by atoms with Gasteiger partial charge in [-0.05, 0) is 51.9 Å². The molecule has 9 rings (SSSR count). The van der Waals surface area contributed by atoms with Gasteiger partial charge in [0.2, 0.25) is 0 Å². The van der Waals surface area contributed by atoms with Gasteiger partial charge in [0.25, 0.3) is 0 Å². The number of fused-ring (bicyclic) bond motifs is 5. The van der Waals surface area contributed by atoms with Crippen molar-refractivity contribution in [1.29, 1.82) is 0 Å². The molecule has 2 heterocycles. The van der Waals surface area contributed by atoms with E-state index in [4.69, 9.17) is 19.4 Å². The van der Waals surface area contributed by atoms with Gasteiger partial charge in [0.1, 0.15) is 11.2 Å². The molecule has 47 heavy (non-hydrogen) atoms. The summed E-state index contributed by atoms with van der Waals surface area (Å²) >= 11 is 0. The molecule has 0 fully saturated rings. The lowest BCUT2D eigenvalue weighted by molar-refractivity contribution is 0.673. The number of rotatable bonds is 5. The number of hydrogen-bond acceptors (Lipinski definition) is 4. The molecular formula is C43H27N3O. The van der Waals surface area contributed by atoms with E-state index in [1.807, 2.05) is 60.7 Å². The Hall–Kier alpha value is -6.39. The maximum atomic E-state index is 6.52. The lowest BCUT2D eigenvalue weighted by atomic mass is 9.94. The second-order valence-corrected chi connectivity index (χ2v) is 11.6. The van der Waals surface area contributed by atoms with E-state index in [1.54, 1.807) is 0 Å². The third-order valence-corrected chi connectivity index (χ3v) is 8.72. The van der Waals surface area contributed by atoms with E-state index >= 15 is 0 Å². The van der Waals surface area contributed by atoms with Gasteiger partial charge in [0.15, 0.2) is 17.5 Å². The van der Waals surface area contributed by atoms with Crippen molar-refractivity contribution in [3.8, 4) is 56.4 Å². The normalized spacial score (nSPS) is 11.4. The minimum atomic E-state index is 0.633. The van der Waals surface area contributed by atoms with Crippen molar-refractivity contribution in [1.82, 2.24) is 15.0 Å². The van der Waals surface area contributed by atoms with E-state index in [2.05, 4.69) is 103 Å². The zero-order chi connectivity index (χ0) is 31.2. The zero-order valence-corrected chi connectivity index (χ0v) is 25.3. The van der Waals surface area contributed by atoms with Gasteiger partial charge in [-0.1, -0.05) is 140 Å². The van der Waals surface area contributed by atoms with Crippen LogP contribution in [0.25, 0.3) is 89.1 Å². The van der Waals surface area contributed by atoms with Gasteiger partial charge in [0, 0.05) is 32.8 Å². The first kappa shape index (κ1) is 27.0.